The highest BCUT2D eigenvalue weighted by atomic mass is 16.6. The molecule has 2 saturated heterocycles. The van der Waals surface area contributed by atoms with E-state index in [1.54, 1.807) is 48.5 Å². The smallest absolute Gasteiger partial charge is 0.410 e. The van der Waals surface area contributed by atoms with Crippen LogP contribution in [0.15, 0.2) is 0 Å². The van der Waals surface area contributed by atoms with Gasteiger partial charge in [0.1, 0.15) is 17.1 Å². The molecule has 2 amide bonds. The summed E-state index contributed by atoms with van der Waals surface area (Å²) in [4.78, 5) is 53.5. The fraction of sp³-hybridized carbons (Fsp3) is 0.800. The zero-order chi connectivity index (χ0) is 22.1. The molecule has 164 valence electrons. The van der Waals surface area contributed by atoms with Gasteiger partial charge < -0.3 is 19.1 Å². The predicted octanol–water partition coefficient (Wildman–Crippen LogP) is 2.36. The number of piperidine rings is 1. The monoisotopic (exact) mass is 412 g/mol. The highest BCUT2D eigenvalue weighted by Crippen LogP contribution is 2.33. The molecule has 2 aliphatic heterocycles. The lowest BCUT2D eigenvalue weighted by molar-refractivity contribution is -0.160. The Morgan fingerprint density at radius 2 is 1.52 bits per heavy atom. The summed E-state index contributed by atoms with van der Waals surface area (Å²) in [5.41, 5.74) is -1.43. The molecule has 3 unspecified atom stereocenters. The van der Waals surface area contributed by atoms with E-state index in [4.69, 9.17) is 14.2 Å². The third-order valence-corrected chi connectivity index (χ3v) is 4.55. The minimum atomic E-state index is -1.16. The van der Waals surface area contributed by atoms with Crippen molar-refractivity contribution in [3.63, 3.8) is 0 Å². The van der Waals surface area contributed by atoms with Crippen LogP contribution in [-0.2, 0) is 23.8 Å². The quantitative estimate of drug-likeness (QED) is 0.390. The van der Waals surface area contributed by atoms with Gasteiger partial charge in [-0.3, -0.25) is 14.5 Å². The van der Waals surface area contributed by atoms with Gasteiger partial charge in [0.15, 0.2) is 5.78 Å². The Morgan fingerprint density at radius 1 is 0.966 bits per heavy atom. The molecule has 9 heteroatoms. The van der Waals surface area contributed by atoms with Crippen LogP contribution in [0.3, 0.4) is 0 Å². The first-order valence-electron chi connectivity index (χ1n) is 9.92. The molecule has 2 rings (SSSR count). The van der Waals surface area contributed by atoms with Gasteiger partial charge in [-0.15, -0.1) is 0 Å². The van der Waals surface area contributed by atoms with Crippen LogP contribution in [0, 0.1) is 5.92 Å². The molecular formula is C20H32N2O7. The van der Waals surface area contributed by atoms with Crippen LogP contribution in [0.5, 0.6) is 0 Å². The second-order valence-corrected chi connectivity index (χ2v) is 9.39. The molecule has 29 heavy (non-hydrogen) atoms. The Balaban J connectivity index is 2.34. The third-order valence-electron chi connectivity index (χ3n) is 4.55. The molecular weight excluding hydrogens is 380 g/mol. The molecule has 0 spiro atoms. The Morgan fingerprint density at radius 3 is 2.03 bits per heavy atom. The maximum atomic E-state index is 12.9. The van der Waals surface area contributed by atoms with Crippen LogP contribution < -0.4 is 0 Å². The molecule has 2 bridgehead atoms. The van der Waals surface area contributed by atoms with E-state index in [1.807, 2.05) is 0 Å². The van der Waals surface area contributed by atoms with E-state index in [9.17, 15) is 19.2 Å². The SMILES string of the molecule is CCOC(=O)C1C(=O)CC2CN(C(=O)OC(C)(C)C)CC1N2C(=O)OC(C)(C)C. The third kappa shape index (κ3) is 5.61. The highest BCUT2D eigenvalue weighted by molar-refractivity contribution is 6.01. The van der Waals surface area contributed by atoms with Crippen molar-refractivity contribution in [2.45, 2.75) is 78.2 Å². The Bertz CT molecular complexity index is 669. The summed E-state index contributed by atoms with van der Waals surface area (Å²) in [6, 6.07) is -1.45. The number of nitrogens with zero attached hydrogens (tertiary/aromatic N) is 2. The number of hydrogen-bond acceptors (Lipinski definition) is 7. The lowest BCUT2D eigenvalue weighted by atomic mass is 9.81. The van der Waals surface area contributed by atoms with E-state index in [1.165, 1.54) is 9.80 Å². The number of Topliss-reactive ketones (excluding diaryl/α,β-unsaturated/α-hetero) is 1. The Labute approximate surface area is 171 Å². The van der Waals surface area contributed by atoms with E-state index in [-0.39, 0.29) is 31.9 Å². The molecule has 0 aromatic carbocycles. The highest BCUT2D eigenvalue weighted by Gasteiger charge is 2.54. The molecule has 0 aromatic heterocycles. The van der Waals surface area contributed by atoms with Crippen molar-refractivity contribution in [2.24, 2.45) is 5.92 Å². The molecule has 0 radical (unpaired) electrons. The van der Waals surface area contributed by atoms with Crippen molar-refractivity contribution in [1.29, 1.82) is 0 Å². The van der Waals surface area contributed by atoms with Crippen molar-refractivity contribution in [2.75, 3.05) is 19.7 Å². The topological polar surface area (TPSA) is 102 Å². The molecule has 2 aliphatic rings. The van der Waals surface area contributed by atoms with Gasteiger partial charge in [-0.05, 0) is 48.5 Å². The summed E-state index contributed by atoms with van der Waals surface area (Å²) in [6.45, 7) is 12.4. The molecule has 0 aliphatic carbocycles. The van der Waals surface area contributed by atoms with Gasteiger partial charge in [0.05, 0.1) is 18.7 Å². The molecule has 9 nitrogen and oxygen atoms in total. The van der Waals surface area contributed by atoms with Gasteiger partial charge >= 0.3 is 18.2 Å². The average Bonchev–Trinajstić information content (AvgIpc) is 2.50. The summed E-state index contributed by atoms with van der Waals surface area (Å²) >= 11 is 0. The number of ketones is 1. The first-order chi connectivity index (χ1) is 13.2. The van der Waals surface area contributed by atoms with Gasteiger partial charge in [0, 0.05) is 19.5 Å². The molecule has 3 atom stereocenters. The van der Waals surface area contributed by atoms with Crippen molar-refractivity contribution >= 4 is 23.9 Å². The summed E-state index contributed by atoms with van der Waals surface area (Å²) in [7, 11) is 0. The fourth-order valence-corrected chi connectivity index (χ4v) is 3.60. The number of rotatable bonds is 2. The second-order valence-electron chi connectivity index (χ2n) is 9.39. The molecule has 0 saturated carbocycles. The zero-order valence-corrected chi connectivity index (χ0v) is 18.3. The summed E-state index contributed by atoms with van der Waals surface area (Å²) in [6.07, 6.45) is -1.22. The van der Waals surface area contributed by atoms with Crippen LogP contribution in [-0.4, -0.2) is 76.7 Å². The minimum absolute atomic E-state index is 0.0140. The van der Waals surface area contributed by atoms with Gasteiger partial charge in [0.25, 0.3) is 0 Å². The van der Waals surface area contributed by atoms with E-state index in [0.717, 1.165) is 0 Å². The van der Waals surface area contributed by atoms with E-state index in [0.29, 0.717) is 0 Å². The van der Waals surface area contributed by atoms with Gasteiger partial charge in [0.2, 0.25) is 0 Å². The Kier molecular flexibility index (Phi) is 6.49. The molecule has 2 fully saturated rings. The summed E-state index contributed by atoms with van der Waals surface area (Å²) in [5, 5.41) is 0. The maximum absolute atomic E-state index is 12.9. The normalized spacial score (nSPS) is 24.8. The van der Waals surface area contributed by atoms with Crippen molar-refractivity contribution in [3.8, 4) is 0 Å². The van der Waals surface area contributed by atoms with Crippen LogP contribution in [0.2, 0.25) is 0 Å². The standard InChI is InChI=1S/C20H32N2O7/c1-8-27-16(24)15-13-11-21(17(25)28-19(2,3)4)10-12(9-14(15)23)22(13)18(26)29-20(5,6)7/h12-13,15H,8-11H2,1-7H3. The van der Waals surface area contributed by atoms with Crippen LogP contribution in [0.1, 0.15) is 54.9 Å². The number of carbonyl (C=O) groups excluding carboxylic acids is 4. The Hall–Kier alpha value is -2.32. The van der Waals surface area contributed by atoms with Gasteiger partial charge in [-0.1, -0.05) is 0 Å². The number of piperazine rings is 1. The maximum Gasteiger partial charge on any atom is 0.410 e. The van der Waals surface area contributed by atoms with Crippen LogP contribution in [0.25, 0.3) is 0 Å². The summed E-state index contributed by atoms with van der Waals surface area (Å²) in [5.74, 6) is -2.15. The van der Waals surface area contributed by atoms with E-state index < -0.39 is 47.4 Å². The lowest BCUT2D eigenvalue weighted by Crippen LogP contribution is -2.69. The second kappa shape index (κ2) is 8.20. The average molecular weight is 412 g/mol. The fourth-order valence-electron chi connectivity index (χ4n) is 3.60. The van der Waals surface area contributed by atoms with E-state index in [2.05, 4.69) is 0 Å². The minimum Gasteiger partial charge on any atom is -0.465 e. The summed E-state index contributed by atoms with van der Waals surface area (Å²) < 4.78 is 16.0. The number of esters is 1. The number of ether oxygens (including phenoxy) is 3. The molecule has 2 heterocycles. The molecule has 0 aromatic rings. The number of fused-ring (bicyclic) bond motifs is 2. The largest absolute Gasteiger partial charge is 0.465 e. The van der Waals surface area contributed by atoms with Crippen LogP contribution >= 0.6 is 0 Å². The van der Waals surface area contributed by atoms with Crippen molar-refractivity contribution < 1.29 is 33.4 Å². The first-order valence-corrected chi connectivity index (χ1v) is 9.92. The van der Waals surface area contributed by atoms with Gasteiger partial charge in [-0.2, -0.15) is 0 Å². The lowest BCUT2D eigenvalue weighted by Gasteiger charge is -2.51. The van der Waals surface area contributed by atoms with Crippen LogP contribution in [0.4, 0.5) is 9.59 Å². The number of likely N-dealkylation sites (tertiary alicyclic amines) is 1. The molecule has 0 N–H and O–H groups in total. The van der Waals surface area contributed by atoms with Crippen molar-refractivity contribution in [1.82, 2.24) is 9.80 Å². The van der Waals surface area contributed by atoms with Gasteiger partial charge in [-0.25, -0.2) is 9.59 Å². The van der Waals surface area contributed by atoms with Crippen molar-refractivity contribution in [3.05, 3.63) is 0 Å². The predicted molar refractivity (Wildman–Crippen MR) is 103 cm³/mol. The van der Waals surface area contributed by atoms with E-state index >= 15 is 0 Å². The number of hydrogen-bond donors (Lipinski definition) is 0. The zero-order valence-electron chi connectivity index (χ0n) is 18.3. The first kappa shape index (κ1) is 23.0. The number of amides is 2. The number of carbonyl (C=O) groups is 4.